The van der Waals surface area contributed by atoms with E-state index in [4.69, 9.17) is 0 Å². The lowest BCUT2D eigenvalue weighted by Gasteiger charge is -2.21. The number of rotatable bonds is 3. The molecule has 0 spiro atoms. The molecule has 1 N–H and O–H groups in total. The summed E-state index contributed by atoms with van der Waals surface area (Å²) in [5.74, 6) is 0.742. The second kappa shape index (κ2) is 6.17. The van der Waals surface area contributed by atoms with E-state index in [9.17, 15) is 5.11 Å². The zero-order valence-corrected chi connectivity index (χ0v) is 13.3. The number of hydrogen-bond acceptors (Lipinski definition) is 2. The molecule has 1 saturated carbocycles. The van der Waals surface area contributed by atoms with Gasteiger partial charge in [0, 0.05) is 18.0 Å². The Hall–Kier alpha value is -2.13. The van der Waals surface area contributed by atoms with Gasteiger partial charge in [0.2, 0.25) is 0 Å². The van der Waals surface area contributed by atoms with Gasteiger partial charge in [-0.1, -0.05) is 43.5 Å². The van der Waals surface area contributed by atoms with Crippen molar-refractivity contribution in [2.75, 3.05) is 0 Å². The first-order chi connectivity index (χ1) is 11.3. The molecule has 118 valence electrons. The van der Waals surface area contributed by atoms with Gasteiger partial charge in [-0.05, 0) is 42.0 Å². The summed E-state index contributed by atoms with van der Waals surface area (Å²) in [5, 5.41) is 9.24. The van der Waals surface area contributed by atoms with E-state index >= 15 is 0 Å². The van der Waals surface area contributed by atoms with Gasteiger partial charge in [0.15, 0.2) is 0 Å². The van der Waals surface area contributed by atoms with Crippen molar-refractivity contribution in [3.05, 3.63) is 59.9 Å². The van der Waals surface area contributed by atoms with E-state index in [0.29, 0.717) is 0 Å². The van der Waals surface area contributed by atoms with E-state index < -0.39 is 0 Å². The number of aliphatic hydroxyl groups excluding tert-OH is 1. The summed E-state index contributed by atoms with van der Waals surface area (Å²) in [7, 11) is 0. The SMILES string of the molecule is OCc1ccn2cc(-c3ccc(C4CCCCC4)cc3)nc2c1. The van der Waals surface area contributed by atoms with Crippen LogP contribution in [0.5, 0.6) is 0 Å². The molecule has 4 rings (SSSR count). The summed E-state index contributed by atoms with van der Waals surface area (Å²) in [6, 6.07) is 12.8. The van der Waals surface area contributed by atoms with Crippen LogP contribution in [0.2, 0.25) is 0 Å². The van der Waals surface area contributed by atoms with Crippen LogP contribution in [0.4, 0.5) is 0 Å². The molecule has 2 aromatic heterocycles. The topological polar surface area (TPSA) is 37.5 Å². The van der Waals surface area contributed by atoms with Gasteiger partial charge < -0.3 is 9.51 Å². The molecule has 0 radical (unpaired) electrons. The maximum absolute atomic E-state index is 9.24. The summed E-state index contributed by atoms with van der Waals surface area (Å²) >= 11 is 0. The molecule has 3 heteroatoms. The molecule has 0 bridgehead atoms. The van der Waals surface area contributed by atoms with Crippen LogP contribution in [-0.4, -0.2) is 14.5 Å². The Balaban J connectivity index is 1.62. The number of benzene rings is 1. The highest BCUT2D eigenvalue weighted by atomic mass is 16.3. The normalized spacial score (nSPS) is 16.0. The van der Waals surface area contributed by atoms with E-state index in [1.165, 1.54) is 37.7 Å². The van der Waals surface area contributed by atoms with Gasteiger partial charge in [-0.3, -0.25) is 0 Å². The summed E-state index contributed by atoms with van der Waals surface area (Å²) in [6.45, 7) is 0.0504. The van der Waals surface area contributed by atoms with Crippen LogP contribution in [0.25, 0.3) is 16.9 Å². The molecule has 0 amide bonds. The number of aliphatic hydroxyl groups is 1. The van der Waals surface area contributed by atoms with Crippen LogP contribution in [0.3, 0.4) is 0 Å². The fourth-order valence-corrected chi connectivity index (χ4v) is 3.62. The third kappa shape index (κ3) is 2.89. The second-order valence-electron chi connectivity index (χ2n) is 6.54. The molecule has 23 heavy (non-hydrogen) atoms. The van der Waals surface area contributed by atoms with E-state index in [-0.39, 0.29) is 6.61 Å². The largest absolute Gasteiger partial charge is 0.392 e. The lowest BCUT2D eigenvalue weighted by atomic mass is 9.84. The average molecular weight is 306 g/mol. The Morgan fingerprint density at radius 3 is 2.57 bits per heavy atom. The minimum Gasteiger partial charge on any atom is -0.392 e. The van der Waals surface area contributed by atoms with Crippen LogP contribution in [0.15, 0.2) is 48.8 Å². The predicted molar refractivity (Wildman–Crippen MR) is 92.4 cm³/mol. The number of fused-ring (bicyclic) bond motifs is 1. The van der Waals surface area contributed by atoms with Crippen molar-refractivity contribution in [1.29, 1.82) is 0 Å². The molecule has 2 heterocycles. The fourth-order valence-electron chi connectivity index (χ4n) is 3.62. The monoisotopic (exact) mass is 306 g/mol. The molecule has 0 saturated heterocycles. The molecule has 0 unspecified atom stereocenters. The van der Waals surface area contributed by atoms with Gasteiger partial charge in [0.05, 0.1) is 12.3 Å². The van der Waals surface area contributed by atoms with E-state index in [2.05, 4.69) is 29.2 Å². The van der Waals surface area contributed by atoms with Crippen molar-refractivity contribution < 1.29 is 5.11 Å². The van der Waals surface area contributed by atoms with Crippen molar-refractivity contribution in [3.8, 4) is 11.3 Å². The lowest BCUT2D eigenvalue weighted by Crippen LogP contribution is -2.04. The fraction of sp³-hybridized carbons (Fsp3) is 0.350. The molecule has 0 atom stereocenters. The number of hydrogen-bond donors (Lipinski definition) is 1. The van der Waals surface area contributed by atoms with Crippen molar-refractivity contribution in [3.63, 3.8) is 0 Å². The third-order valence-corrected chi connectivity index (χ3v) is 4.99. The number of aromatic nitrogens is 2. The van der Waals surface area contributed by atoms with E-state index in [1.54, 1.807) is 0 Å². The van der Waals surface area contributed by atoms with Crippen molar-refractivity contribution in [2.24, 2.45) is 0 Å². The van der Waals surface area contributed by atoms with Gasteiger partial charge in [-0.15, -0.1) is 0 Å². The Labute approximate surface area is 136 Å². The zero-order chi connectivity index (χ0) is 15.6. The molecule has 1 aromatic carbocycles. The van der Waals surface area contributed by atoms with Crippen LogP contribution in [0.1, 0.15) is 49.1 Å². The van der Waals surface area contributed by atoms with Crippen LogP contribution in [0, 0.1) is 0 Å². The first-order valence-corrected chi connectivity index (χ1v) is 8.52. The first kappa shape index (κ1) is 14.5. The maximum atomic E-state index is 9.24. The molecule has 3 aromatic rings. The quantitative estimate of drug-likeness (QED) is 0.771. The van der Waals surface area contributed by atoms with E-state index in [1.807, 2.05) is 28.9 Å². The Kier molecular flexibility index (Phi) is 3.88. The Morgan fingerprint density at radius 2 is 1.83 bits per heavy atom. The number of nitrogens with zero attached hydrogens (tertiary/aromatic N) is 2. The van der Waals surface area contributed by atoms with Crippen LogP contribution in [-0.2, 0) is 6.61 Å². The molecule has 3 nitrogen and oxygen atoms in total. The van der Waals surface area contributed by atoms with E-state index in [0.717, 1.165) is 28.4 Å². The molecule has 1 fully saturated rings. The predicted octanol–water partition coefficient (Wildman–Crippen LogP) is 4.54. The second-order valence-corrected chi connectivity index (χ2v) is 6.54. The summed E-state index contributed by atoms with van der Waals surface area (Å²) < 4.78 is 2.00. The standard InChI is InChI=1S/C20H22N2O/c23-14-15-10-11-22-13-19(21-20(22)12-15)18-8-6-17(7-9-18)16-4-2-1-3-5-16/h6-13,16,23H,1-5,14H2. The highest BCUT2D eigenvalue weighted by Gasteiger charge is 2.15. The Morgan fingerprint density at radius 1 is 1.04 bits per heavy atom. The number of pyridine rings is 1. The maximum Gasteiger partial charge on any atom is 0.137 e. The average Bonchev–Trinajstić information content (AvgIpc) is 3.05. The van der Waals surface area contributed by atoms with Crippen molar-refractivity contribution in [2.45, 2.75) is 44.6 Å². The lowest BCUT2D eigenvalue weighted by molar-refractivity contribution is 0.282. The number of imidazole rings is 1. The minimum absolute atomic E-state index is 0.0504. The van der Waals surface area contributed by atoms with Gasteiger partial charge in [0.1, 0.15) is 5.65 Å². The molecular formula is C20H22N2O. The van der Waals surface area contributed by atoms with Gasteiger partial charge >= 0.3 is 0 Å². The highest BCUT2D eigenvalue weighted by molar-refractivity contribution is 5.63. The smallest absolute Gasteiger partial charge is 0.137 e. The summed E-state index contributed by atoms with van der Waals surface area (Å²) in [6.07, 6.45) is 10.8. The van der Waals surface area contributed by atoms with Crippen molar-refractivity contribution >= 4 is 5.65 Å². The molecule has 1 aliphatic rings. The summed E-state index contributed by atoms with van der Waals surface area (Å²) in [4.78, 5) is 4.69. The third-order valence-electron chi connectivity index (χ3n) is 4.99. The Bertz CT molecular complexity index is 798. The molecular weight excluding hydrogens is 284 g/mol. The highest BCUT2D eigenvalue weighted by Crippen LogP contribution is 2.33. The van der Waals surface area contributed by atoms with Gasteiger partial charge in [-0.25, -0.2) is 4.98 Å². The van der Waals surface area contributed by atoms with Gasteiger partial charge in [0.25, 0.3) is 0 Å². The zero-order valence-electron chi connectivity index (χ0n) is 13.3. The van der Waals surface area contributed by atoms with Gasteiger partial charge in [-0.2, -0.15) is 0 Å². The van der Waals surface area contributed by atoms with Crippen LogP contribution >= 0.6 is 0 Å². The molecule has 1 aliphatic carbocycles. The van der Waals surface area contributed by atoms with Crippen LogP contribution < -0.4 is 0 Å². The van der Waals surface area contributed by atoms with Crippen molar-refractivity contribution in [1.82, 2.24) is 9.38 Å². The first-order valence-electron chi connectivity index (χ1n) is 8.52. The summed E-state index contributed by atoms with van der Waals surface area (Å²) in [5.41, 5.74) is 5.37. The minimum atomic E-state index is 0.0504. The molecule has 0 aliphatic heterocycles.